The fourth-order valence-corrected chi connectivity index (χ4v) is 3.76. The van der Waals surface area contributed by atoms with E-state index >= 15 is 0 Å². The Bertz CT molecular complexity index is 1280. The number of ether oxygens (including phenoxy) is 1. The molecule has 1 N–H and O–H groups in total. The number of hydrogen-bond donors (Lipinski definition) is 1. The van der Waals surface area contributed by atoms with E-state index < -0.39 is 16.7 Å². The van der Waals surface area contributed by atoms with E-state index in [2.05, 4.69) is 5.32 Å². The smallest absolute Gasteiger partial charge is 0.270 e. The van der Waals surface area contributed by atoms with Gasteiger partial charge in [-0.1, -0.05) is 45.0 Å². The molecule has 0 fully saturated rings. The minimum atomic E-state index is -0.557. The summed E-state index contributed by atoms with van der Waals surface area (Å²) in [6.07, 6.45) is 0.500. The Labute approximate surface area is 216 Å². The molecular formula is C27H33N5O5. The maximum Gasteiger partial charge on any atom is 0.270 e. The van der Waals surface area contributed by atoms with Gasteiger partial charge in [0.1, 0.15) is 12.4 Å². The Morgan fingerprint density at radius 3 is 2.51 bits per heavy atom. The lowest BCUT2D eigenvalue weighted by Gasteiger charge is -2.22. The summed E-state index contributed by atoms with van der Waals surface area (Å²) in [6.45, 7) is 8.49. The molecule has 0 atom stereocenters. The number of hydrogen-bond acceptors (Lipinski definition) is 6. The van der Waals surface area contributed by atoms with Crippen LogP contribution in [-0.4, -0.2) is 58.2 Å². The van der Waals surface area contributed by atoms with Gasteiger partial charge in [0.2, 0.25) is 5.91 Å². The lowest BCUT2D eigenvalue weighted by molar-refractivity contribution is -0.384. The molecule has 0 saturated heterocycles. The van der Waals surface area contributed by atoms with Crippen LogP contribution in [0.2, 0.25) is 0 Å². The number of rotatable bonds is 10. The third-order valence-electron chi connectivity index (χ3n) is 5.79. The molecule has 0 radical (unpaired) electrons. The van der Waals surface area contributed by atoms with Gasteiger partial charge in [-0.15, -0.1) is 0 Å². The van der Waals surface area contributed by atoms with Crippen molar-refractivity contribution in [2.45, 2.75) is 39.5 Å². The van der Waals surface area contributed by atoms with Crippen LogP contribution in [0, 0.1) is 17.0 Å². The molecule has 3 aromatic rings. The number of nitro benzene ring substituents is 1. The number of nitrogens with one attached hydrogen (secondary N) is 1. The molecule has 3 rings (SSSR count). The number of amides is 2. The van der Waals surface area contributed by atoms with Gasteiger partial charge in [-0.2, -0.15) is 5.10 Å². The average Bonchev–Trinajstić information content (AvgIpc) is 3.27. The van der Waals surface area contributed by atoms with Crippen LogP contribution in [0.5, 0.6) is 0 Å². The number of anilines is 1. The van der Waals surface area contributed by atoms with E-state index in [1.54, 1.807) is 11.8 Å². The van der Waals surface area contributed by atoms with Gasteiger partial charge in [-0.3, -0.25) is 19.7 Å². The van der Waals surface area contributed by atoms with Crippen molar-refractivity contribution in [3.05, 3.63) is 81.5 Å². The van der Waals surface area contributed by atoms with Crippen molar-refractivity contribution in [1.29, 1.82) is 0 Å². The van der Waals surface area contributed by atoms with Crippen molar-refractivity contribution in [3.8, 4) is 5.69 Å². The lowest BCUT2D eigenvalue weighted by atomic mass is 9.92. The third kappa shape index (κ3) is 7.01. The van der Waals surface area contributed by atoms with Gasteiger partial charge in [0, 0.05) is 49.4 Å². The number of nitro groups is 1. The number of aryl methyl sites for hydroxylation is 1. The number of nitrogens with zero attached hydrogens (tertiary/aromatic N) is 4. The second-order valence-corrected chi connectivity index (χ2v) is 9.79. The lowest BCUT2D eigenvalue weighted by Crippen LogP contribution is -2.39. The van der Waals surface area contributed by atoms with Crippen molar-refractivity contribution < 1.29 is 19.2 Å². The van der Waals surface area contributed by atoms with Crippen LogP contribution in [0.25, 0.3) is 5.69 Å². The van der Waals surface area contributed by atoms with E-state index in [9.17, 15) is 19.7 Å². The molecule has 0 aliphatic rings. The summed E-state index contributed by atoms with van der Waals surface area (Å²) in [6, 6.07) is 15.0. The number of methoxy groups -OCH3 is 1. The summed E-state index contributed by atoms with van der Waals surface area (Å²) >= 11 is 0. The van der Waals surface area contributed by atoms with Crippen LogP contribution >= 0.6 is 0 Å². The molecule has 2 aromatic carbocycles. The Morgan fingerprint density at radius 2 is 1.86 bits per heavy atom. The number of aromatic nitrogens is 2. The summed E-state index contributed by atoms with van der Waals surface area (Å²) in [4.78, 5) is 38.4. The standard InChI is InChI=1S/C27H33N5O5/c1-19-10-6-7-13-22(19)31-24(17-23(29-31)27(2,3)4)28-25(33)18-30(14-9-15-37-5)26(34)20-11-8-12-21(16-20)32(35)36/h6-8,10-13,16-17H,9,14-15,18H2,1-5H3,(H,28,33). The Kier molecular flexibility index (Phi) is 8.77. The van der Waals surface area contributed by atoms with Gasteiger partial charge in [0.15, 0.2) is 0 Å². The summed E-state index contributed by atoms with van der Waals surface area (Å²) in [5.41, 5.74) is 2.32. The zero-order valence-electron chi connectivity index (χ0n) is 21.9. The molecular weight excluding hydrogens is 474 g/mol. The highest BCUT2D eigenvalue weighted by Crippen LogP contribution is 2.27. The SMILES string of the molecule is COCCCN(CC(=O)Nc1cc(C(C)(C)C)nn1-c1ccccc1C)C(=O)c1cccc([N+](=O)[O-])c1. The van der Waals surface area contributed by atoms with Crippen molar-refractivity contribution in [1.82, 2.24) is 14.7 Å². The van der Waals surface area contributed by atoms with Gasteiger partial charge in [0.05, 0.1) is 16.3 Å². The van der Waals surface area contributed by atoms with Gasteiger partial charge in [-0.05, 0) is 31.0 Å². The first-order valence-electron chi connectivity index (χ1n) is 12.0. The highest BCUT2D eigenvalue weighted by Gasteiger charge is 2.24. The maximum atomic E-state index is 13.2. The molecule has 10 heteroatoms. The second kappa shape index (κ2) is 11.8. The average molecular weight is 508 g/mol. The fourth-order valence-electron chi connectivity index (χ4n) is 3.76. The molecule has 1 aromatic heterocycles. The summed E-state index contributed by atoms with van der Waals surface area (Å²) in [7, 11) is 1.55. The van der Waals surface area contributed by atoms with Crippen molar-refractivity contribution in [3.63, 3.8) is 0 Å². The number of carbonyl (C=O) groups is 2. The minimum absolute atomic E-state index is 0.138. The molecule has 0 spiro atoms. The summed E-state index contributed by atoms with van der Waals surface area (Å²) in [5.74, 6) is -0.395. The molecule has 0 bridgehead atoms. The summed E-state index contributed by atoms with van der Waals surface area (Å²) in [5, 5.41) is 18.8. The molecule has 196 valence electrons. The zero-order valence-corrected chi connectivity index (χ0v) is 21.9. The first-order valence-corrected chi connectivity index (χ1v) is 12.0. The van der Waals surface area contributed by atoms with Crippen molar-refractivity contribution in [2.75, 3.05) is 32.1 Å². The first kappa shape index (κ1) is 27.5. The van der Waals surface area contributed by atoms with E-state index in [4.69, 9.17) is 9.84 Å². The van der Waals surface area contributed by atoms with Crippen LogP contribution < -0.4 is 5.32 Å². The minimum Gasteiger partial charge on any atom is -0.385 e. The van der Waals surface area contributed by atoms with Crippen LogP contribution in [0.1, 0.15) is 48.8 Å². The number of carbonyl (C=O) groups excluding carboxylic acids is 2. The molecule has 37 heavy (non-hydrogen) atoms. The molecule has 0 aliphatic carbocycles. The Hall–Kier alpha value is -4.05. The van der Waals surface area contributed by atoms with Gasteiger partial charge < -0.3 is 15.0 Å². The zero-order chi connectivity index (χ0) is 27.2. The predicted molar refractivity (Wildman–Crippen MR) is 141 cm³/mol. The summed E-state index contributed by atoms with van der Waals surface area (Å²) < 4.78 is 6.80. The number of para-hydroxylation sites is 1. The van der Waals surface area contributed by atoms with Crippen LogP contribution in [0.15, 0.2) is 54.6 Å². The second-order valence-electron chi connectivity index (χ2n) is 9.79. The number of non-ortho nitro benzene ring substituents is 1. The van der Waals surface area contributed by atoms with Gasteiger partial charge in [0.25, 0.3) is 11.6 Å². The monoisotopic (exact) mass is 507 g/mol. The van der Waals surface area contributed by atoms with E-state index in [-0.39, 0.29) is 29.8 Å². The highest BCUT2D eigenvalue weighted by atomic mass is 16.6. The predicted octanol–water partition coefficient (Wildman–Crippen LogP) is 4.50. The Morgan fingerprint density at radius 1 is 1.14 bits per heavy atom. The Balaban J connectivity index is 1.88. The highest BCUT2D eigenvalue weighted by molar-refractivity contribution is 5.99. The molecule has 0 unspecified atom stereocenters. The quantitative estimate of drug-likeness (QED) is 0.245. The molecule has 2 amide bonds. The molecule has 0 saturated carbocycles. The molecule has 10 nitrogen and oxygen atoms in total. The molecule has 0 aliphatic heterocycles. The topological polar surface area (TPSA) is 120 Å². The third-order valence-corrected chi connectivity index (χ3v) is 5.79. The fraction of sp³-hybridized carbons (Fsp3) is 0.370. The van der Waals surface area contributed by atoms with Gasteiger partial charge in [-0.25, -0.2) is 4.68 Å². The first-order chi connectivity index (χ1) is 17.5. The van der Waals surface area contributed by atoms with Crippen molar-refractivity contribution in [2.24, 2.45) is 0 Å². The van der Waals surface area contributed by atoms with Gasteiger partial charge >= 0.3 is 0 Å². The maximum absolute atomic E-state index is 13.2. The normalized spacial score (nSPS) is 11.3. The van der Waals surface area contributed by atoms with E-state index in [1.807, 2.05) is 58.0 Å². The van der Waals surface area contributed by atoms with Crippen LogP contribution in [0.3, 0.4) is 0 Å². The molecule has 1 heterocycles. The van der Waals surface area contributed by atoms with Crippen LogP contribution in [-0.2, 0) is 14.9 Å². The van der Waals surface area contributed by atoms with Crippen molar-refractivity contribution >= 4 is 23.3 Å². The van der Waals surface area contributed by atoms with E-state index in [0.717, 1.165) is 16.9 Å². The van der Waals surface area contributed by atoms with E-state index in [1.165, 1.54) is 29.2 Å². The largest absolute Gasteiger partial charge is 0.385 e. The van der Waals surface area contributed by atoms with E-state index in [0.29, 0.717) is 18.8 Å². The number of benzene rings is 2. The van der Waals surface area contributed by atoms with Crippen LogP contribution in [0.4, 0.5) is 11.5 Å².